The summed E-state index contributed by atoms with van der Waals surface area (Å²) in [6.45, 7) is 1.97. The van der Waals surface area contributed by atoms with E-state index in [0.29, 0.717) is 17.7 Å². The van der Waals surface area contributed by atoms with Crippen LogP contribution in [0, 0.1) is 11.6 Å². The Bertz CT molecular complexity index is 935. The highest BCUT2D eigenvalue weighted by Gasteiger charge is 2.19. The Kier molecular flexibility index (Phi) is 5.42. The van der Waals surface area contributed by atoms with E-state index in [4.69, 9.17) is 4.74 Å². The average Bonchev–Trinajstić information content (AvgIpc) is 3.09. The number of H-pyrrole nitrogens is 1. The molecule has 0 radical (unpaired) electrons. The molecule has 0 aliphatic rings. The van der Waals surface area contributed by atoms with Gasteiger partial charge < -0.3 is 9.72 Å². The zero-order valence-corrected chi connectivity index (χ0v) is 15.1. The Labute approximate surface area is 154 Å². The molecular weight excluding hydrogens is 356 g/mol. The maximum atomic E-state index is 13.3. The van der Waals surface area contributed by atoms with Gasteiger partial charge in [0.1, 0.15) is 5.75 Å². The van der Waals surface area contributed by atoms with Crippen LogP contribution in [-0.2, 0) is 6.42 Å². The predicted octanol–water partition coefficient (Wildman–Crippen LogP) is 5.46. The first-order chi connectivity index (χ1) is 12.5. The third kappa shape index (κ3) is 3.80. The molecule has 3 rings (SSSR count). The molecule has 3 nitrogen and oxygen atoms in total. The molecular formula is C20H17F2NO2S. The van der Waals surface area contributed by atoms with Gasteiger partial charge in [0.2, 0.25) is 0 Å². The fraction of sp³-hybridized carbons (Fsp3) is 0.150. The van der Waals surface area contributed by atoms with E-state index < -0.39 is 17.6 Å². The molecule has 3 aromatic rings. The number of nitrogens with one attached hydrogen (secondary N) is 1. The monoisotopic (exact) mass is 373 g/mol. The Morgan fingerprint density at radius 1 is 1.08 bits per heavy atom. The molecule has 1 N–H and O–H groups in total. The molecule has 1 aromatic heterocycles. The molecule has 0 aliphatic heterocycles. The van der Waals surface area contributed by atoms with E-state index in [1.807, 2.05) is 37.4 Å². The molecule has 0 amide bonds. The molecule has 134 valence electrons. The highest BCUT2D eigenvalue weighted by atomic mass is 32.2. The largest absolute Gasteiger partial charge is 0.423 e. The lowest BCUT2D eigenvalue weighted by Crippen LogP contribution is -2.09. The van der Waals surface area contributed by atoms with E-state index >= 15 is 0 Å². The quantitative estimate of drug-likeness (QED) is 0.367. The second kappa shape index (κ2) is 7.74. The first-order valence-corrected chi connectivity index (χ1v) is 9.27. The smallest absolute Gasteiger partial charge is 0.345 e. The Balaban J connectivity index is 1.93. The fourth-order valence-electron chi connectivity index (χ4n) is 2.55. The van der Waals surface area contributed by atoms with Crippen LogP contribution in [0.2, 0.25) is 0 Å². The summed E-state index contributed by atoms with van der Waals surface area (Å²) >= 11 is 1.63. The summed E-state index contributed by atoms with van der Waals surface area (Å²) in [5, 5.41) is 0. The van der Waals surface area contributed by atoms with Gasteiger partial charge in [-0.05, 0) is 48.6 Å². The van der Waals surface area contributed by atoms with Gasteiger partial charge in [0, 0.05) is 16.7 Å². The minimum Gasteiger partial charge on any atom is -0.423 e. The Morgan fingerprint density at radius 2 is 1.81 bits per heavy atom. The minimum absolute atomic E-state index is 0.0446. The van der Waals surface area contributed by atoms with Crippen molar-refractivity contribution in [3.8, 4) is 17.0 Å². The van der Waals surface area contributed by atoms with Crippen molar-refractivity contribution in [1.82, 2.24) is 4.98 Å². The third-order valence-electron chi connectivity index (χ3n) is 3.95. The van der Waals surface area contributed by atoms with Crippen LogP contribution in [0.5, 0.6) is 5.75 Å². The second-order valence-electron chi connectivity index (χ2n) is 5.63. The molecule has 0 saturated carbocycles. The lowest BCUT2D eigenvalue weighted by atomic mass is 10.1. The number of aromatic amines is 1. The normalized spacial score (nSPS) is 10.8. The first-order valence-electron chi connectivity index (χ1n) is 8.05. The summed E-state index contributed by atoms with van der Waals surface area (Å²) in [6, 6.07) is 12.5. The van der Waals surface area contributed by atoms with Crippen molar-refractivity contribution in [3.63, 3.8) is 0 Å². The van der Waals surface area contributed by atoms with Crippen molar-refractivity contribution < 1.29 is 18.3 Å². The molecule has 0 aliphatic carbocycles. The van der Waals surface area contributed by atoms with Gasteiger partial charge in [0.05, 0.1) is 11.3 Å². The van der Waals surface area contributed by atoms with Gasteiger partial charge >= 0.3 is 5.97 Å². The van der Waals surface area contributed by atoms with Crippen molar-refractivity contribution in [2.45, 2.75) is 18.2 Å². The summed E-state index contributed by atoms with van der Waals surface area (Å²) in [7, 11) is 0. The number of carbonyl (C=O) groups is 1. The number of benzene rings is 2. The topological polar surface area (TPSA) is 42.1 Å². The summed E-state index contributed by atoms with van der Waals surface area (Å²) in [5.74, 6) is -2.73. The van der Waals surface area contributed by atoms with Crippen LogP contribution in [0.15, 0.2) is 53.4 Å². The van der Waals surface area contributed by atoms with E-state index in [1.54, 1.807) is 17.8 Å². The molecule has 0 saturated heterocycles. The maximum Gasteiger partial charge on any atom is 0.345 e. The van der Waals surface area contributed by atoms with E-state index in [1.165, 1.54) is 6.07 Å². The van der Waals surface area contributed by atoms with Gasteiger partial charge in [-0.25, -0.2) is 13.6 Å². The highest BCUT2D eigenvalue weighted by molar-refractivity contribution is 7.98. The SMILES string of the molecule is CCc1cc(C(=O)Oc2ccc(F)c(F)c2)c(-c2ccc(SC)cc2)[nH]1. The van der Waals surface area contributed by atoms with E-state index in [-0.39, 0.29) is 5.75 Å². The first kappa shape index (κ1) is 18.2. The summed E-state index contributed by atoms with van der Waals surface area (Å²) in [5.41, 5.74) is 2.72. The van der Waals surface area contributed by atoms with E-state index in [9.17, 15) is 13.6 Å². The van der Waals surface area contributed by atoms with E-state index in [2.05, 4.69) is 4.98 Å². The third-order valence-corrected chi connectivity index (χ3v) is 4.70. The van der Waals surface area contributed by atoms with Crippen molar-refractivity contribution in [2.75, 3.05) is 6.26 Å². The molecule has 0 spiro atoms. The Morgan fingerprint density at radius 3 is 2.42 bits per heavy atom. The fourth-order valence-corrected chi connectivity index (χ4v) is 2.96. The number of esters is 1. The molecule has 26 heavy (non-hydrogen) atoms. The summed E-state index contributed by atoms with van der Waals surface area (Å²) in [4.78, 5) is 16.9. The lowest BCUT2D eigenvalue weighted by molar-refractivity contribution is 0.0735. The molecule has 1 heterocycles. The Hall–Kier alpha value is -2.60. The van der Waals surface area contributed by atoms with Gasteiger partial charge in [-0.1, -0.05) is 19.1 Å². The molecule has 2 aromatic carbocycles. The van der Waals surface area contributed by atoms with Gasteiger partial charge in [-0.3, -0.25) is 0 Å². The zero-order chi connectivity index (χ0) is 18.7. The molecule has 0 unspecified atom stereocenters. The minimum atomic E-state index is -1.06. The summed E-state index contributed by atoms with van der Waals surface area (Å²) < 4.78 is 31.6. The number of hydrogen-bond acceptors (Lipinski definition) is 3. The van der Waals surface area contributed by atoms with Gasteiger partial charge in [0.15, 0.2) is 11.6 Å². The maximum absolute atomic E-state index is 13.3. The van der Waals surface area contributed by atoms with Crippen molar-refractivity contribution in [1.29, 1.82) is 0 Å². The number of rotatable bonds is 5. The zero-order valence-electron chi connectivity index (χ0n) is 14.3. The van der Waals surface area contributed by atoms with E-state index in [0.717, 1.165) is 28.3 Å². The molecule has 0 fully saturated rings. The molecule has 6 heteroatoms. The van der Waals surface area contributed by atoms with Crippen molar-refractivity contribution in [3.05, 3.63) is 71.4 Å². The van der Waals surface area contributed by atoms with Crippen LogP contribution < -0.4 is 4.74 Å². The number of hydrogen-bond donors (Lipinski definition) is 1. The lowest BCUT2D eigenvalue weighted by Gasteiger charge is -2.07. The van der Waals surface area contributed by atoms with Crippen LogP contribution in [-0.4, -0.2) is 17.2 Å². The van der Waals surface area contributed by atoms with Crippen LogP contribution in [0.1, 0.15) is 23.0 Å². The van der Waals surface area contributed by atoms with Crippen LogP contribution >= 0.6 is 11.8 Å². The number of halogens is 2. The number of carbonyl (C=O) groups excluding carboxylic acids is 1. The van der Waals surface area contributed by atoms with Gasteiger partial charge in [-0.2, -0.15) is 0 Å². The standard InChI is InChI=1S/C20H17F2NO2S/c1-3-13-10-16(19(23-13)12-4-7-15(26-2)8-5-12)20(24)25-14-6-9-17(21)18(22)11-14/h4-11,23H,3H2,1-2H3. The summed E-state index contributed by atoms with van der Waals surface area (Å²) in [6.07, 6.45) is 2.71. The number of thioether (sulfide) groups is 1. The van der Waals surface area contributed by atoms with Crippen molar-refractivity contribution >= 4 is 17.7 Å². The number of aromatic nitrogens is 1. The molecule has 0 bridgehead atoms. The van der Waals surface area contributed by atoms with Crippen LogP contribution in [0.3, 0.4) is 0 Å². The van der Waals surface area contributed by atoms with Gasteiger partial charge in [-0.15, -0.1) is 11.8 Å². The van der Waals surface area contributed by atoms with Crippen molar-refractivity contribution in [2.24, 2.45) is 0 Å². The van der Waals surface area contributed by atoms with Gasteiger partial charge in [0.25, 0.3) is 0 Å². The predicted molar refractivity (Wildman–Crippen MR) is 98.7 cm³/mol. The van der Waals surface area contributed by atoms with Crippen LogP contribution in [0.4, 0.5) is 8.78 Å². The average molecular weight is 373 g/mol. The van der Waals surface area contributed by atoms with Crippen LogP contribution in [0.25, 0.3) is 11.3 Å². The number of aryl methyl sites for hydroxylation is 1. The highest BCUT2D eigenvalue weighted by Crippen LogP contribution is 2.28. The molecule has 0 atom stereocenters. The second-order valence-corrected chi connectivity index (χ2v) is 6.51. The number of ether oxygens (including phenoxy) is 1.